The summed E-state index contributed by atoms with van der Waals surface area (Å²) in [5, 5.41) is 15.0. The van der Waals surface area contributed by atoms with E-state index >= 15 is 0 Å². The number of hydrogen-bond acceptors (Lipinski definition) is 3. The second-order valence-electron chi connectivity index (χ2n) is 10.5. The van der Waals surface area contributed by atoms with Crippen LogP contribution in [0.25, 0.3) is 0 Å². The third-order valence-corrected chi connectivity index (χ3v) is 8.80. The van der Waals surface area contributed by atoms with Crippen LogP contribution in [0.1, 0.15) is 61.3 Å². The van der Waals surface area contributed by atoms with Gasteiger partial charge in [-0.05, 0) is 60.6 Å². The maximum absolute atomic E-state index is 13.5. The van der Waals surface area contributed by atoms with Gasteiger partial charge in [-0.15, -0.1) is 0 Å². The number of carbonyl (C=O) groups excluding carboxylic acids is 1. The van der Waals surface area contributed by atoms with Crippen molar-refractivity contribution in [2.45, 2.75) is 62.6 Å². The first-order chi connectivity index (χ1) is 15.7. The van der Waals surface area contributed by atoms with E-state index in [0.717, 1.165) is 44.3 Å². The van der Waals surface area contributed by atoms with Gasteiger partial charge in [0.1, 0.15) is 0 Å². The van der Waals surface area contributed by atoms with Gasteiger partial charge in [-0.2, -0.15) is 0 Å². The van der Waals surface area contributed by atoms with Crippen molar-refractivity contribution in [3.05, 3.63) is 71.3 Å². The minimum absolute atomic E-state index is 0.0127. The fourth-order valence-corrected chi connectivity index (χ4v) is 6.98. The van der Waals surface area contributed by atoms with Crippen LogP contribution in [0.2, 0.25) is 0 Å². The molecule has 3 fully saturated rings. The van der Waals surface area contributed by atoms with Crippen molar-refractivity contribution in [1.29, 1.82) is 0 Å². The van der Waals surface area contributed by atoms with Gasteiger partial charge in [0, 0.05) is 31.1 Å². The van der Waals surface area contributed by atoms with E-state index < -0.39 is 5.60 Å². The van der Waals surface area contributed by atoms with Crippen molar-refractivity contribution >= 4 is 5.91 Å². The van der Waals surface area contributed by atoms with E-state index in [1.807, 2.05) is 30.3 Å². The topological polar surface area (TPSA) is 52.6 Å². The van der Waals surface area contributed by atoms with Crippen LogP contribution < -0.4 is 5.32 Å². The van der Waals surface area contributed by atoms with Crippen molar-refractivity contribution in [1.82, 2.24) is 10.2 Å². The van der Waals surface area contributed by atoms with Crippen LogP contribution in [-0.4, -0.2) is 35.0 Å². The highest BCUT2D eigenvalue weighted by atomic mass is 16.3. The Morgan fingerprint density at radius 2 is 1.59 bits per heavy atom. The molecule has 1 amide bonds. The molecule has 5 atom stereocenters. The van der Waals surface area contributed by atoms with Gasteiger partial charge < -0.3 is 10.4 Å². The molecule has 1 heterocycles. The number of aryl methyl sites for hydroxylation is 1. The molecule has 4 aliphatic rings. The highest BCUT2D eigenvalue weighted by molar-refractivity contribution is 5.87. The van der Waals surface area contributed by atoms with Crippen molar-refractivity contribution in [3.8, 4) is 0 Å². The molecule has 1 saturated heterocycles. The highest BCUT2D eigenvalue weighted by Gasteiger charge is 2.59. The van der Waals surface area contributed by atoms with Gasteiger partial charge in [0.05, 0.1) is 0 Å². The lowest BCUT2D eigenvalue weighted by Gasteiger charge is -2.36. The lowest BCUT2D eigenvalue weighted by Crippen LogP contribution is -2.51. The van der Waals surface area contributed by atoms with Gasteiger partial charge in [-0.1, -0.05) is 67.4 Å². The second-order valence-corrected chi connectivity index (χ2v) is 10.5. The summed E-state index contributed by atoms with van der Waals surface area (Å²) in [6.07, 6.45) is 7.74. The molecule has 2 aromatic carbocycles. The Hall–Kier alpha value is -2.17. The molecular formula is C28H34N2O2. The Balaban J connectivity index is 1.14. The smallest absolute Gasteiger partial charge is 0.257 e. The zero-order valence-electron chi connectivity index (χ0n) is 18.7. The van der Waals surface area contributed by atoms with Crippen LogP contribution in [0.15, 0.2) is 54.6 Å². The van der Waals surface area contributed by atoms with Gasteiger partial charge in [0.25, 0.3) is 5.91 Å². The molecule has 0 radical (unpaired) electrons. The quantitative estimate of drug-likeness (QED) is 0.748. The molecule has 3 aliphatic carbocycles. The zero-order valence-corrected chi connectivity index (χ0v) is 18.7. The van der Waals surface area contributed by atoms with Gasteiger partial charge in [0.2, 0.25) is 0 Å². The van der Waals surface area contributed by atoms with Gasteiger partial charge in [-0.25, -0.2) is 0 Å². The molecule has 0 spiro atoms. The first kappa shape index (κ1) is 20.4. The maximum Gasteiger partial charge on any atom is 0.257 e. The Labute approximate surface area is 191 Å². The SMILES string of the molecule is O=C(NC1C2CN(C3CCCc4ccccc43)C[C@H]21)C(O)(c1ccccc1)C1CCCC1. The zero-order chi connectivity index (χ0) is 21.7. The number of rotatable bonds is 5. The summed E-state index contributed by atoms with van der Waals surface area (Å²) < 4.78 is 0. The van der Waals surface area contributed by atoms with Crippen molar-refractivity contribution in [3.63, 3.8) is 0 Å². The van der Waals surface area contributed by atoms with Gasteiger partial charge in [-0.3, -0.25) is 9.69 Å². The number of benzene rings is 2. The van der Waals surface area contributed by atoms with E-state index in [9.17, 15) is 9.90 Å². The fraction of sp³-hybridized carbons (Fsp3) is 0.536. The van der Waals surface area contributed by atoms with E-state index in [1.54, 1.807) is 0 Å². The van der Waals surface area contributed by atoms with Crippen LogP contribution in [0.4, 0.5) is 0 Å². The minimum atomic E-state index is -1.41. The number of carbonyl (C=O) groups is 1. The standard InChI is InChI=1S/C28H34N2O2/c31-27(28(32,21-13-5-6-14-21)20-11-2-1-3-12-20)29-26-23-17-30(18-24(23)26)25-16-8-10-19-9-4-7-15-22(19)25/h1-4,7,9,11-12,15,21,23-26,32H,5-6,8,10,13-14,16-18H2,(H,29,31)/t23-,24?,25?,26?,28?/m1/s1. The minimum Gasteiger partial charge on any atom is -0.375 e. The van der Waals surface area contributed by atoms with Crippen LogP contribution in [0.5, 0.6) is 0 Å². The van der Waals surface area contributed by atoms with Gasteiger partial charge in [0.15, 0.2) is 5.60 Å². The normalized spacial score (nSPS) is 31.5. The average Bonchev–Trinajstić information content (AvgIpc) is 3.26. The summed E-state index contributed by atoms with van der Waals surface area (Å²) in [4.78, 5) is 16.2. The molecular weight excluding hydrogens is 396 g/mol. The van der Waals surface area contributed by atoms with Crippen molar-refractivity contribution < 1.29 is 9.90 Å². The first-order valence-corrected chi connectivity index (χ1v) is 12.6. The van der Waals surface area contributed by atoms with Gasteiger partial charge >= 0.3 is 0 Å². The Morgan fingerprint density at radius 3 is 2.34 bits per heavy atom. The molecule has 4 nitrogen and oxygen atoms in total. The lowest BCUT2D eigenvalue weighted by molar-refractivity contribution is -0.147. The number of piperidine rings is 1. The lowest BCUT2D eigenvalue weighted by atomic mass is 9.79. The predicted molar refractivity (Wildman–Crippen MR) is 125 cm³/mol. The highest BCUT2D eigenvalue weighted by Crippen LogP contribution is 2.50. The molecule has 0 aromatic heterocycles. The molecule has 32 heavy (non-hydrogen) atoms. The number of nitrogens with zero attached hydrogens (tertiary/aromatic N) is 1. The summed E-state index contributed by atoms with van der Waals surface area (Å²) >= 11 is 0. The molecule has 2 N–H and O–H groups in total. The summed E-state index contributed by atoms with van der Waals surface area (Å²) in [6, 6.07) is 19.3. The number of amides is 1. The second kappa shape index (κ2) is 8.00. The Kier molecular flexibility index (Phi) is 5.11. The van der Waals surface area contributed by atoms with Crippen molar-refractivity contribution in [2.24, 2.45) is 17.8 Å². The van der Waals surface area contributed by atoms with Crippen LogP contribution >= 0.6 is 0 Å². The first-order valence-electron chi connectivity index (χ1n) is 12.6. The molecule has 2 saturated carbocycles. The number of hydrogen-bond donors (Lipinski definition) is 2. The molecule has 168 valence electrons. The third-order valence-electron chi connectivity index (χ3n) is 8.80. The molecule has 0 bridgehead atoms. The third kappa shape index (κ3) is 3.31. The largest absolute Gasteiger partial charge is 0.375 e. The van der Waals surface area contributed by atoms with E-state index in [1.165, 1.54) is 30.4 Å². The van der Waals surface area contributed by atoms with E-state index in [4.69, 9.17) is 0 Å². The molecule has 4 unspecified atom stereocenters. The summed E-state index contributed by atoms with van der Waals surface area (Å²) in [7, 11) is 0. The van der Waals surface area contributed by atoms with E-state index in [0.29, 0.717) is 17.9 Å². The predicted octanol–water partition coefficient (Wildman–Crippen LogP) is 4.19. The number of aliphatic hydroxyl groups is 1. The van der Waals surface area contributed by atoms with E-state index in [2.05, 4.69) is 34.5 Å². The summed E-state index contributed by atoms with van der Waals surface area (Å²) in [6.45, 7) is 2.11. The monoisotopic (exact) mass is 430 g/mol. The average molecular weight is 431 g/mol. The molecule has 1 aliphatic heterocycles. The van der Waals surface area contributed by atoms with Crippen LogP contribution in [-0.2, 0) is 16.8 Å². The summed E-state index contributed by atoms with van der Waals surface area (Å²) in [5.74, 6) is 0.886. The molecule has 6 rings (SSSR count). The van der Waals surface area contributed by atoms with Crippen molar-refractivity contribution in [2.75, 3.05) is 13.1 Å². The fourth-order valence-electron chi connectivity index (χ4n) is 6.98. The number of nitrogens with one attached hydrogen (secondary N) is 1. The molecule has 4 heteroatoms. The van der Waals surface area contributed by atoms with E-state index in [-0.39, 0.29) is 17.9 Å². The van der Waals surface area contributed by atoms with Crippen LogP contribution in [0.3, 0.4) is 0 Å². The molecule has 2 aromatic rings. The van der Waals surface area contributed by atoms with Crippen LogP contribution in [0, 0.1) is 17.8 Å². The Morgan fingerprint density at radius 1 is 0.906 bits per heavy atom. The maximum atomic E-state index is 13.5. The summed E-state index contributed by atoms with van der Waals surface area (Å²) in [5.41, 5.74) is 2.37. The number of fused-ring (bicyclic) bond motifs is 2. The number of likely N-dealkylation sites (tertiary alicyclic amines) is 1. The Bertz CT molecular complexity index is 974.